The van der Waals surface area contributed by atoms with Crippen LogP contribution in [0.1, 0.15) is 0 Å². The Morgan fingerprint density at radius 1 is 1.80 bits per heavy atom. The topological polar surface area (TPSA) is 58.7 Å². The molecular weight excluding hydrogens is 130 g/mol. The molecule has 1 rings (SSSR count). The fourth-order valence-corrected chi connectivity index (χ4v) is 0.584. The summed E-state index contributed by atoms with van der Waals surface area (Å²) < 4.78 is 1.24. The van der Waals surface area contributed by atoms with Crippen LogP contribution in [0.2, 0.25) is 0 Å². The standard InChI is InChI=1S/C6H5N3O/c7-2-5-9-4-1-3-8-6(9)10/h1,3-4H,5H2. The van der Waals surface area contributed by atoms with Gasteiger partial charge in [-0.25, -0.2) is 9.78 Å². The van der Waals surface area contributed by atoms with Crippen molar-refractivity contribution in [2.45, 2.75) is 6.54 Å². The molecule has 0 spiro atoms. The highest BCUT2D eigenvalue weighted by Gasteiger charge is 1.89. The summed E-state index contributed by atoms with van der Waals surface area (Å²) in [5, 5.41) is 8.21. The van der Waals surface area contributed by atoms with Crippen molar-refractivity contribution in [1.29, 1.82) is 5.26 Å². The minimum atomic E-state index is -0.385. The van der Waals surface area contributed by atoms with Gasteiger partial charge in [-0.15, -0.1) is 0 Å². The van der Waals surface area contributed by atoms with Crippen molar-refractivity contribution in [1.82, 2.24) is 9.55 Å². The van der Waals surface area contributed by atoms with Crippen LogP contribution in [0.15, 0.2) is 23.3 Å². The van der Waals surface area contributed by atoms with Gasteiger partial charge in [0.2, 0.25) is 0 Å². The van der Waals surface area contributed by atoms with Gasteiger partial charge in [-0.2, -0.15) is 5.26 Å². The van der Waals surface area contributed by atoms with Gasteiger partial charge in [0.25, 0.3) is 0 Å². The van der Waals surface area contributed by atoms with Crippen molar-refractivity contribution in [2.24, 2.45) is 0 Å². The first-order chi connectivity index (χ1) is 4.84. The predicted octanol–water partition coefficient (Wildman–Crippen LogP) is -0.233. The Kier molecular flexibility index (Phi) is 1.80. The monoisotopic (exact) mass is 135 g/mol. The third-order valence-electron chi connectivity index (χ3n) is 1.02. The number of hydrogen-bond acceptors (Lipinski definition) is 3. The summed E-state index contributed by atoms with van der Waals surface area (Å²) in [6, 6.07) is 3.46. The van der Waals surface area contributed by atoms with Crippen LogP contribution < -0.4 is 5.69 Å². The summed E-state index contributed by atoms with van der Waals surface area (Å²) >= 11 is 0. The van der Waals surface area contributed by atoms with Gasteiger partial charge in [0, 0.05) is 12.4 Å². The Bertz CT molecular complexity index is 309. The van der Waals surface area contributed by atoms with Crippen LogP contribution in [-0.4, -0.2) is 9.55 Å². The minimum Gasteiger partial charge on any atom is -0.285 e. The molecule has 0 radical (unpaired) electrons. The van der Waals surface area contributed by atoms with E-state index in [1.165, 1.54) is 17.0 Å². The third-order valence-corrected chi connectivity index (χ3v) is 1.02. The molecule has 0 N–H and O–H groups in total. The highest BCUT2D eigenvalue weighted by atomic mass is 16.1. The van der Waals surface area contributed by atoms with E-state index in [4.69, 9.17) is 5.26 Å². The highest BCUT2D eigenvalue weighted by Crippen LogP contribution is 1.75. The quantitative estimate of drug-likeness (QED) is 0.534. The molecule has 1 aromatic heterocycles. The molecule has 0 bridgehead atoms. The predicted molar refractivity (Wildman–Crippen MR) is 34.1 cm³/mol. The van der Waals surface area contributed by atoms with E-state index in [2.05, 4.69) is 4.98 Å². The first kappa shape index (κ1) is 6.49. The third kappa shape index (κ3) is 1.20. The van der Waals surface area contributed by atoms with E-state index in [-0.39, 0.29) is 12.2 Å². The molecule has 10 heavy (non-hydrogen) atoms. The fraction of sp³-hybridized carbons (Fsp3) is 0.167. The highest BCUT2D eigenvalue weighted by molar-refractivity contribution is 4.84. The molecule has 0 amide bonds. The summed E-state index contributed by atoms with van der Waals surface area (Å²) in [6.45, 7) is 0.0622. The molecule has 4 heteroatoms. The zero-order valence-electron chi connectivity index (χ0n) is 5.19. The molecule has 0 saturated carbocycles. The first-order valence-electron chi connectivity index (χ1n) is 2.73. The second kappa shape index (κ2) is 2.78. The van der Waals surface area contributed by atoms with Crippen LogP contribution in [0.3, 0.4) is 0 Å². The number of hydrogen-bond donors (Lipinski definition) is 0. The van der Waals surface area contributed by atoms with E-state index in [9.17, 15) is 4.79 Å². The van der Waals surface area contributed by atoms with Crippen molar-refractivity contribution < 1.29 is 0 Å². The maximum absolute atomic E-state index is 10.7. The molecule has 0 saturated heterocycles. The molecule has 0 unspecified atom stereocenters. The van der Waals surface area contributed by atoms with E-state index >= 15 is 0 Å². The van der Waals surface area contributed by atoms with Crippen molar-refractivity contribution in [3.8, 4) is 6.07 Å². The number of aromatic nitrogens is 2. The Morgan fingerprint density at radius 2 is 2.60 bits per heavy atom. The molecule has 0 aliphatic rings. The second-order valence-corrected chi connectivity index (χ2v) is 1.69. The molecule has 50 valence electrons. The lowest BCUT2D eigenvalue weighted by atomic mass is 10.6. The van der Waals surface area contributed by atoms with Crippen molar-refractivity contribution >= 4 is 0 Å². The van der Waals surface area contributed by atoms with Gasteiger partial charge in [-0.1, -0.05) is 0 Å². The average Bonchev–Trinajstić information content (AvgIpc) is 1.94. The largest absolute Gasteiger partial charge is 0.348 e. The molecule has 0 aliphatic heterocycles. The van der Waals surface area contributed by atoms with E-state index in [0.717, 1.165) is 0 Å². The van der Waals surface area contributed by atoms with Crippen LogP contribution in [0.4, 0.5) is 0 Å². The summed E-state index contributed by atoms with van der Waals surface area (Å²) in [5.74, 6) is 0. The van der Waals surface area contributed by atoms with Gasteiger partial charge < -0.3 is 0 Å². The number of nitriles is 1. The van der Waals surface area contributed by atoms with Crippen LogP contribution in [0.25, 0.3) is 0 Å². The smallest absolute Gasteiger partial charge is 0.285 e. The lowest BCUT2D eigenvalue weighted by molar-refractivity contribution is 0.751. The Morgan fingerprint density at radius 3 is 3.20 bits per heavy atom. The lowest BCUT2D eigenvalue weighted by Gasteiger charge is -1.93. The molecule has 1 aromatic rings. The zero-order valence-corrected chi connectivity index (χ0v) is 5.19. The van der Waals surface area contributed by atoms with Crippen LogP contribution in [-0.2, 0) is 6.54 Å². The summed E-state index contributed by atoms with van der Waals surface area (Å²) in [4.78, 5) is 14.2. The van der Waals surface area contributed by atoms with Crippen molar-refractivity contribution in [3.63, 3.8) is 0 Å². The molecular formula is C6H5N3O. The second-order valence-electron chi connectivity index (χ2n) is 1.69. The van der Waals surface area contributed by atoms with Gasteiger partial charge in [0.05, 0.1) is 6.07 Å². The normalized spacial score (nSPS) is 8.70. The summed E-state index contributed by atoms with van der Waals surface area (Å²) in [7, 11) is 0. The van der Waals surface area contributed by atoms with Crippen LogP contribution >= 0.6 is 0 Å². The Labute approximate surface area is 57.4 Å². The van der Waals surface area contributed by atoms with Crippen molar-refractivity contribution in [2.75, 3.05) is 0 Å². The van der Waals surface area contributed by atoms with E-state index in [1.807, 2.05) is 6.07 Å². The zero-order chi connectivity index (χ0) is 7.40. The average molecular weight is 135 g/mol. The van der Waals surface area contributed by atoms with Gasteiger partial charge in [-0.05, 0) is 6.07 Å². The number of rotatable bonds is 1. The summed E-state index contributed by atoms with van der Waals surface area (Å²) in [6.07, 6.45) is 2.93. The molecule has 0 aromatic carbocycles. The van der Waals surface area contributed by atoms with E-state index in [1.54, 1.807) is 6.07 Å². The molecule has 0 fully saturated rings. The molecule has 1 heterocycles. The van der Waals surface area contributed by atoms with E-state index < -0.39 is 0 Å². The van der Waals surface area contributed by atoms with Gasteiger partial charge in [0.1, 0.15) is 6.54 Å². The fourth-order valence-electron chi connectivity index (χ4n) is 0.584. The lowest BCUT2D eigenvalue weighted by Crippen LogP contribution is -2.20. The number of nitrogens with zero attached hydrogens (tertiary/aromatic N) is 3. The maximum atomic E-state index is 10.7. The van der Waals surface area contributed by atoms with Gasteiger partial charge in [0.15, 0.2) is 0 Å². The maximum Gasteiger partial charge on any atom is 0.348 e. The Hall–Kier alpha value is -1.63. The van der Waals surface area contributed by atoms with Crippen molar-refractivity contribution in [3.05, 3.63) is 28.9 Å². The molecule has 0 aliphatic carbocycles. The minimum absolute atomic E-state index is 0.0622. The SMILES string of the molecule is N#CCn1cccnc1=O. The molecule has 4 nitrogen and oxygen atoms in total. The van der Waals surface area contributed by atoms with Crippen LogP contribution in [0.5, 0.6) is 0 Å². The van der Waals surface area contributed by atoms with Gasteiger partial charge >= 0.3 is 5.69 Å². The van der Waals surface area contributed by atoms with Gasteiger partial charge in [-0.3, -0.25) is 4.57 Å². The Balaban J connectivity index is 3.07. The summed E-state index contributed by atoms with van der Waals surface area (Å²) in [5.41, 5.74) is -0.385. The molecule has 0 atom stereocenters. The first-order valence-corrected chi connectivity index (χ1v) is 2.73. The van der Waals surface area contributed by atoms with Crippen LogP contribution in [0, 0.1) is 11.3 Å². The van der Waals surface area contributed by atoms with E-state index in [0.29, 0.717) is 0 Å².